The number of hydrogen-bond donors (Lipinski definition) is 1. The summed E-state index contributed by atoms with van der Waals surface area (Å²) >= 11 is 0. The van der Waals surface area contributed by atoms with Crippen molar-refractivity contribution in [3.8, 4) is 0 Å². The van der Waals surface area contributed by atoms with Crippen LogP contribution in [0.3, 0.4) is 0 Å². The van der Waals surface area contributed by atoms with Crippen LogP contribution < -0.4 is 5.32 Å². The van der Waals surface area contributed by atoms with Gasteiger partial charge in [-0.25, -0.2) is 4.39 Å². The van der Waals surface area contributed by atoms with Crippen molar-refractivity contribution in [3.05, 3.63) is 52.6 Å². The molecule has 1 aliphatic rings. The number of carbonyl (C=O) groups excluding carboxylic acids is 1. The summed E-state index contributed by atoms with van der Waals surface area (Å²) < 4.78 is 53.8. The summed E-state index contributed by atoms with van der Waals surface area (Å²) in [7, 11) is 0. The van der Waals surface area contributed by atoms with E-state index in [-0.39, 0.29) is 24.2 Å². The SMILES string of the molecule is O=C(NCCn1nc(C(F)(F)F)c2c1CCCC2)c1cccc(F)c1. The van der Waals surface area contributed by atoms with Gasteiger partial charge in [-0.1, -0.05) is 6.07 Å². The number of benzene rings is 1. The summed E-state index contributed by atoms with van der Waals surface area (Å²) in [6.07, 6.45) is -2.00. The van der Waals surface area contributed by atoms with E-state index in [0.29, 0.717) is 18.5 Å². The summed E-state index contributed by atoms with van der Waals surface area (Å²) in [5.41, 5.74) is 0.214. The van der Waals surface area contributed by atoms with Crippen LogP contribution in [-0.4, -0.2) is 22.2 Å². The molecule has 0 saturated carbocycles. The molecule has 0 aliphatic heterocycles. The van der Waals surface area contributed by atoms with Crippen LogP contribution in [0.4, 0.5) is 17.6 Å². The first-order valence-corrected chi connectivity index (χ1v) is 8.06. The van der Waals surface area contributed by atoms with Gasteiger partial charge in [-0.3, -0.25) is 9.48 Å². The van der Waals surface area contributed by atoms with Gasteiger partial charge in [0.05, 0.1) is 6.54 Å². The third-order valence-corrected chi connectivity index (χ3v) is 4.22. The zero-order chi connectivity index (χ0) is 18.0. The summed E-state index contributed by atoms with van der Waals surface area (Å²) in [4.78, 5) is 12.0. The van der Waals surface area contributed by atoms with Crippen LogP contribution in [0.5, 0.6) is 0 Å². The predicted molar refractivity (Wildman–Crippen MR) is 82.6 cm³/mol. The van der Waals surface area contributed by atoms with Crippen LogP contribution in [0.15, 0.2) is 24.3 Å². The molecule has 0 spiro atoms. The Morgan fingerprint density at radius 3 is 2.72 bits per heavy atom. The summed E-state index contributed by atoms with van der Waals surface area (Å²) in [5.74, 6) is -1.000. The van der Waals surface area contributed by atoms with Crippen LogP contribution >= 0.6 is 0 Å². The lowest BCUT2D eigenvalue weighted by molar-refractivity contribution is -0.142. The molecule has 1 N–H and O–H groups in total. The summed E-state index contributed by atoms with van der Waals surface area (Å²) in [6, 6.07) is 5.22. The number of nitrogens with one attached hydrogen (secondary N) is 1. The van der Waals surface area contributed by atoms with Gasteiger partial charge in [0.15, 0.2) is 5.69 Å². The van der Waals surface area contributed by atoms with E-state index in [0.717, 1.165) is 18.9 Å². The first-order valence-electron chi connectivity index (χ1n) is 8.06. The van der Waals surface area contributed by atoms with Gasteiger partial charge in [0, 0.05) is 23.4 Å². The second-order valence-electron chi connectivity index (χ2n) is 5.97. The maximum Gasteiger partial charge on any atom is 0.435 e. The molecule has 25 heavy (non-hydrogen) atoms. The molecule has 0 unspecified atom stereocenters. The summed E-state index contributed by atoms with van der Waals surface area (Å²) in [5, 5.41) is 6.31. The van der Waals surface area contributed by atoms with E-state index in [9.17, 15) is 22.4 Å². The van der Waals surface area contributed by atoms with Crippen molar-refractivity contribution in [2.75, 3.05) is 6.54 Å². The number of hydrogen-bond acceptors (Lipinski definition) is 2. The quantitative estimate of drug-likeness (QED) is 0.855. The van der Waals surface area contributed by atoms with E-state index < -0.39 is 23.6 Å². The van der Waals surface area contributed by atoms with Crippen molar-refractivity contribution >= 4 is 5.91 Å². The first-order chi connectivity index (χ1) is 11.9. The van der Waals surface area contributed by atoms with E-state index in [4.69, 9.17) is 0 Å². The molecule has 0 atom stereocenters. The minimum Gasteiger partial charge on any atom is -0.350 e. The Labute approximate surface area is 141 Å². The minimum atomic E-state index is -4.47. The van der Waals surface area contributed by atoms with Crippen molar-refractivity contribution in [2.45, 2.75) is 38.4 Å². The van der Waals surface area contributed by atoms with Gasteiger partial charge < -0.3 is 5.32 Å². The molecule has 1 aliphatic carbocycles. The molecule has 2 aromatic rings. The number of nitrogens with zero attached hydrogens (tertiary/aromatic N) is 2. The van der Waals surface area contributed by atoms with Gasteiger partial charge in [0.1, 0.15) is 5.82 Å². The highest BCUT2D eigenvalue weighted by atomic mass is 19.4. The monoisotopic (exact) mass is 355 g/mol. The van der Waals surface area contributed by atoms with Gasteiger partial charge in [-0.05, 0) is 43.9 Å². The third kappa shape index (κ3) is 3.83. The molecule has 4 nitrogen and oxygen atoms in total. The highest BCUT2D eigenvalue weighted by molar-refractivity contribution is 5.94. The standard InChI is InChI=1S/C17H17F4N3O/c18-12-5-3-4-11(10-12)16(25)22-8-9-24-14-7-2-1-6-13(14)15(23-24)17(19,20)21/h3-5,10H,1-2,6-9H2,(H,22,25). The second kappa shape index (κ2) is 6.85. The highest BCUT2D eigenvalue weighted by Gasteiger charge is 2.39. The number of halogens is 4. The van der Waals surface area contributed by atoms with Crippen LogP contribution in [0, 0.1) is 5.82 Å². The normalized spacial score (nSPS) is 14.2. The molecule has 8 heteroatoms. The molecule has 1 amide bonds. The molecule has 1 heterocycles. The zero-order valence-corrected chi connectivity index (χ0v) is 13.4. The number of amides is 1. The molecule has 0 fully saturated rings. The topological polar surface area (TPSA) is 46.9 Å². The molecule has 0 bridgehead atoms. The van der Waals surface area contributed by atoms with Gasteiger partial charge >= 0.3 is 6.18 Å². The van der Waals surface area contributed by atoms with Crippen molar-refractivity contribution in [1.29, 1.82) is 0 Å². The van der Waals surface area contributed by atoms with Crippen molar-refractivity contribution in [1.82, 2.24) is 15.1 Å². The van der Waals surface area contributed by atoms with Gasteiger partial charge in [0.25, 0.3) is 5.91 Å². The summed E-state index contributed by atoms with van der Waals surface area (Å²) in [6.45, 7) is 0.250. The fourth-order valence-electron chi connectivity index (χ4n) is 3.09. The van der Waals surface area contributed by atoms with E-state index in [1.165, 1.54) is 22.9 Å². The van der Waals surface area contributed by atoms with E-state index in [1.807, 2.05) is 0 Å². The largest absolute Gasteiger partial charge is 0.435 e. The smallest absolute Gasteiger partial charge is 0.350 e. The molecule has 1 aromatic heterocycles. The Bertz CT molecular complexity index is 783. The Morgan fingerprint density at radius 2 is 2.00 bits per heavy atom. The molecule has 1 aromatic carbocycles. The van der Waals surface area contributed by atoms with Crippen LogP contribution in [0.1, 0.15) is 40.2 Å². The van der Waals surface area contributed by atoms with Crippen molar-refractivity contribution in [2.24, 2.45) is 0 Å². The molecular formula is C17H17F4N3O. The number of fused-ring (bicyclic) bond motifs is 1. The molecule has 0 radical (unpaired) electrons. The number of rotatable bonds is 4. The lowest BCUT2D eigenvalue weighted by Crippen LogP contribution is -2.28. The van der Waals surface area contributed by atoms with Crippen LogP contribution in [-0.2, 0) is 25.6 Å². The fourth-order valence-corrected chi connectivity index (χ4v) is 3.09. The van der Waals surface area contributed by atoms with Crippen LogP contribution in [0.25, 0.3) is 0 Å². The predicted octanol–water partition coefficient (Wildman–Crippen LogP) is 3.35. The van der Waals surface area contributed by atoms with E-state index in [2.05, 4.69) is 10.4 Å². The Kier molecular flexibility index (Phi) is 4.78. The average Bonchev–Trinajstić information content (AvgIpc) is 2.94. The minimum absolute atomic E-state index is 0.112. The number of aromatic nitrogens is 2. The zero-order valence-electron chi connectivity index (χ0n) is 13.4. The van der Waals surface area contributed by atoms with Gasteiger partial charge in [-0.2, -0.15) is 18.3 Å². The fraction of sp³-hybridized carbons (Fsp3) is 0.412. The average molecular weight is 355 g/mol. The lowest BCUT2D eigenvalue weighted by atomic mass is 9.95. The maximum atomic E-state index is 13.1. The maximum absolute atomic E-state index is 13.1. The van der Waals surface area contributed by atoms with Gasteiger partial charge in [-0.15, -0.1) is 0 Å². The van der Waals surface area contributed by atoms with E-state index in [1.54, 1.807) is 0 Å². The van der Waals surface area contributed by atoms with Gasteiger partial charge in [0.2, 0.25) is 0 Å². The van der Waals surface area contributed by atoms with E-state index >= 15 is 0 Å². The Balaban J connectivity index is 1.69. The third-order valence-electron chi connectivity index (χ3n) is 4.22. The Morgan fingerprint density at radius 1 is 1.24 bits per heavy atom. The highest BCUT2D eigenvalue weighted by Crippen LogP contribution is 2.35. The number of carbonyl (C=O) groups is 1. The van der Waals surface area contributed by atoms with Crippen molar-refractivity contribution in [3.63, 3.8) is 0 Å². The molecular weight excluding hydrogens is 338 g/mol. The lowest BCUT2D eigenvalue weighted by Gasteiger charge is -2.15. The van der Waals surface area contributed by atoms with Crippen LogP contribution in [0.2, 0.25) is 0 Å². The molecule has 134 valence electrons. The first kappa shape index (κ1) is 17.4. The molecule has 0 saturated heterocycles. The van der Waals surface area contributed by atoms with Crippen molar-refractivity contribution < 1.29 is 22.4 Å². The second-order valence-corrected chi connectivity index (χ2v) is 5.97. The number of alkyl halides is 3. The Hall–Kier alpha value is -2.38. The molecule has 3 rings (SSSR count).